The Morgan fingerprint density at radius 1 is 0.537 bits per heavy atom. The number of hydrogen-bond acceptors (Lipinski definition) is 3. The van der Waals surface area contributed by atoms with Crippen molar-refractivity contribution >= 4 is 49.3 Å². The van der Waals surface area contributed by atoms with Crippen molar-refractivity contribution in [2.75, 3.05) is 0 Å². The van der Waals surface area contributed by atoms with Gasteiger partial charge in [-0.25, -0.2) is 4.57 Å². The van der Waals surface area contributed by atoms with Crippen LogP contribution < -0.4 is 4.57 Å². The minimum Gasteiger partial charge on any atom is -0.456 e. The van der Waals surface area contributed by atoms with Gasteiger partial charge in [-0.1, -0.05) is 140 Å². The molecule has 0 unspecified atom stereocenters. The van der Waals surface area contributed by atoms with E-state index < -0.39 is 0 Å². The van der Waals surface area contributed by atoms with E-state index >= 15 is 0 Å². The van der Waals surface area contributed by atoms with Gasteiger partial charge in [0.2, 0.25) is 0 Å². The minimum atomic E-state index is 0. The van der Waals surface area contributed by atoms with Crippen molar-refractivity contribution in [2.45, 2.75) is 106 Å². The zero-order chi connectivity index (χ0) is 55.5. The van der Waals surface area contributed by atoms with Gasteiger partial charge < -0.3 is 13.6 Å². The third kappa shape index (κ3) is 10.2. The fourth-order valence-corrected chi connectivity index (χ4v) is 12.3. The second-order valence-electron chi connectivity index (χ2n) is 22.8. The molecule has 0 saturated heterocycles. The zero-order valence-electron chi connectivity index (χ0n) is 48.6. The van der Waals surface area contributed by atoms with Gasteiger partial charge in [0.1, 0.15) is 29.4 Å². The number of imidazole rings is 3. The maximum atomic E-state index is 6.42. The normalized spacial score (nSPS) is 11.8. The van der Waals surface area contributed by atoms with Gasteiger partial charge in [-0.15, -0.1) is 71.8 Å². The van der Waals surface area contributed by atoms with Crippen LogP contribution in [0.5, 0.6) is 0 Å². The van der Waals surface area contributed by atoms with E-state index in [0.717, 1.165) is 40.5 Å². The average molecular weight is 1430 g/mol. The average Bonchev–Trinajstić information content (AvgIpc) is 4.44. The molecule has 0 saturated carbocycles. The molecule has 6 heterocycles. The van der Waals surface area contributed by atoms with Gasteiger partial charge in [-0.2, -0.15) is 4.40 Å². The topological polar surface area (TPSA) is 57.1 Å². The maximum absolute atomic E-state index is 6.42. The van der Waals surface area contributed by atoms with Gasteiger partial charge in [0.15, 0.2) is 5.69 Å². The standard InChI is InChI=1S/C27H25N2O.C25H21N2.C21H23N2.2Ir/c1-17(2)21-16-22-20-12-8-9-13-23(20)30-26(22)24(18(3)4)25(21)29-15-14-28-27(29)19-10-6-5-7-11-19;1-15-10-11-21-20(12-15)19-9-5-8-18-13-26-14-22(27(21)25(26)24(18)19)23-16(2)6-4-7-17(23)3;1-15(2)18-11-8-12-19(16(3)4)20(18)23-14-13-22-21(23)17-9-6-5-7-10-17;;/h5-10,12-18H,1-4H3;4-12,14H,13H2,1-3H3;5-9,11-16H,1-4H3;;/q-1;+1;-1;;. The van der Waals surface area contributed by atoms with Crippen LogP contribution in [0.3, 0.4) is 0 Å². The van der Waals surface area contributed by atoms with E-state index in [4.69, 9.17) is 4.42 Å². The molecular weight excluding hydrogens is 1360 g/mol. The quantitative estimate of drug-likeness (QED) is 0.0822. The number of pyridine rings is 1. The molecule has 7 nitrogen and oxygen atoms in total. The van der Waals surface area contributed by atoms with Crippen LogP contribution in [-0.2, 0) is 46.8 Å². The molecule has 0 spiro atoms. The first-order valence-electron chi connectivity index (χ1n) is 28.4. The Morgan fingerprint density at radius 2 is 1.11 bits per heavy atom. The van der Waals surface area contributed by atoms with E-state index in [9.17, 15) is 0 Å². The van der Waals surface area contributed by atoms with Crippen molar-refractivity contribution in [3.05, 3.63) is 239 Å². The summed E-state index contributed by atoms with van der Waals surface area (Å²) in [6.45, 7) is 25.5. The first kappa shape index (κ1) is 57.7. The van der Waals surface area contributed by atoms with Crippen LogP contribution in [0.4, 0.5) is 0 Å². The Hall–Kier alpha value is -7.51. The van der Waals surface area contributed by atoms with Crippen LogP contribution in [-0.4, -0.2) is 23.5 Å². The van der Waals surface area contributed by atoms with Gasteiger partial charge >= 0.3 is 0 Å². The predicted molar refractivity (Wildman–Crippen MR) is 331 cm³/mol. The number of benzene rings is 8. The summed E-state index contributed by atoms with van der Waals surface area (Å²) in [5, 5.41) is 6.49. The summed E-state index contributed by atoms with van der Waals surface area (Å²) in [4.78, 5) is 9.28. The van der Waals surface area contributed by atoms with Crippen molar-refractivity contribution in [1.29, 1.82) is 0 Å². The number of hydrogen-bond donors (Lipinski definition) is 0. The minimum absolute atomic E-state index is 0. The Kier molecular flexibility index (Phi) is 16.7. The molecule has 0 aliphatic carbocycles. The fraction of sp³-hybridized carbons (Fsp3) is 0.219. The summed E-state index contributed by atoms with van der Waals surface area (Å²) in [6, 6.07) is 60.1. The molecule has 0 N–H and O–H groups in total. The van der Waals surface area contributed by atoms with E-state index in [0.29, 0.717) is 17.8 Å². The molecule has 0 fully saturated rings. The van der Waals surface area contributed by atoms with Crippen LogP contribution in [0.1, 0.15) is 124 Å². The van der Waals surface area contributed by atoms with Crippen LogP contribution in [0, 0.1) is 32.9 Å². The molecule has 0 amide bonds. The predicted octanol–water partition coefficient (Wildman–Crippen LogP) is 18.6. The zero-order valence-corrected chi connectivity index (χ0v) is 53.4. The molecule has 1 aliphatic rings. The summed E-state index contributed by atoms with van der Waals surface area (Å²) in [7, 11) is 0. The second-order valence-corrected chi connectivity index (χ2v) is 22.8. The summed E-state index contributed by atoms with van der Waals surface area (Å²) in [6.07, 6.45) is 10.2. The summed E-state index contributed by atoms with van der Waals surface area (Å²) in [5.41, 5.74) is 22.2. The van der Waals surface area contributed by atoms with E-state index in [1.807, 2.05) is 54.9 Å². The van der Waals surface area contributed by atoms with Crippen molar-refractivity contribution in [2.24, 2.45) is 0 Å². The number of aryl methyl sites for hydroxylation is 3. The Balaban J connectivity index is 0.000000137. The number of rotatable bonds is 9. The fourth-order valence-electron chi connectivity index (χ4n) is 12.3. The summed E-state index contributed by atoms with van der Waals surface area (Å²) in [5.74, 6) is 3.40. The van der Waals surface area contributed by atoms with Gasteiger partial charge in [0.05, 0.1) is 17.0 Å². The van der Waals surface area contributed by atoms with Crippen LogP contribution in [0.2, 0.25) is 0 Å². The smallest absolute Gasteiger partial charge is 0.295 e. The van der Waals surface area contributed by atoms with Crippen LogP contribution in [0.15, 0.2) is 187 Å². The number of para-hydroxylation sites is 2. The third-order valence-corrected chi connectivity index (χ3v) is 16.1. The van der Waals surface area contributed by atoms with Crippen molar-refractivity contribution < 1.29 is 49.2 Å². The third-order valence-electron chi connectivity index (χ3n) is 16.1. The Morgan fingerprint density at radius 3 is 1.71 bits per heavy atom. The molecule has 0 bridgehead atoms. The number of furan rings is 1. The van der Waals surface area contributed by atoms with Crippen LogP contribution in [0.25, 0.3) is 94.7 Å². The largest absolute Gasteiger partial charge is 0.456 e. The van der Waals surface area contributed by atoms with E-state index in [-0.39, 0.29) is 46.1 Å². The maximum Gasteiger partial charge on any atom is 0.295 e. The monoisotopic (exact) mass is 1430 g/mol. The van der Waals surface area contributed by atoms with Crippen molar-refractivity contribution in [3.8, 4) is 45.4 Å². The molecule has 82 heavy (non-hydrogen) atoms. The Labute approximate surface area is 509 Å². The number of aromatic nitrogens is 6. The van der Waals surface area contributed by atoms with Gasteiger partial charge in [-0.05, 0) is 96.5 Å². The van der Waals surface area contributed by atoms with Crippen molar-refractivity contribution in [3.63, 3.8) is 0 Å². The molecule has 5 aromatic heterocycles. The number of nitrogens with zero attached hydrogens (tertiary/aromatic N) is 6. The molecule has 1 aliphatic heterocycles. The van der Waals surface area contributed by atoms with E-state index in [1.165, 1.54) is 105 Å². The molecule has 416 valence electrons. The van der Waals surface area contributed by atoms with E-state index in [1.54, 1.807) is 0 Å². The summed E-state index contributed by atoms with van der Waals surface area (Å²) >= 11 is 0. The van der Waals surface area contributed by atoms with Gasteiger partial charge in [-0.3, -0.25) is 9.97 Å². The first-order valence-corrected chi connectivity index (χ1v) is 28.4. The SMILES string of the molecule is CC(C)c1cc2c(oc3ccccc32)c(C(C)C)c1-n1ccnc1-c1[c-]cccc1.CC(C)c1cccc(C(C)C)c1-n1ccnc1-c1[c-]cccc1.Cc1ccc2c(c1)c1cccc3c1c1n2c(-c2c(C)cccc2C)c[n+]1C3.[Ir].[Ir]. The van der Waals surface area contributed by atoms with Crippen LogP contribution >= 0.6 is 0 Å². The first-order chi connectivity index (χ1) is 38.8. The molecular formula is C73H69Ir2N6O-. The Bertz CT molecular complexity index is 4400. The molecule has 9 heteroatoms. The second kappa shape index (κ2) is 23.8. The number of fused-ring (bicyclic) bond motifs is 6. The van der Waals surface area contributed by atoms with E-state index in [2.05, 4.69) is 244 Å². The molecule has 14 rings (SSSR count). The molecule has 8 aromatic carbocycles. The van der Waals surface area contributed by atoms with Gasteiger partial charge in [0, 0.05) is 115 Å². The summed E-state index contributed by atoms with van der Waals surface area (Å²) < 4.78 is 15.8. The molecule has 13 aromatic rings. The molecule has 2 radical (unpaired) electrons. The van der Waals surface area contributed by atoms with Gasteiger partial charge in [0.25, 0.3) is 5.65 Å². The van der Waals surface area contributed by atoms with Crippen molar-refractivity contribution in [1.82, 2.24) is 23.5 Å². The molecule has 0 atom stereocenters.